The van der Waals surface area contributed by atoms with Crippen molar-refractivity contribution in [1.29, 1.82) is 0 Å². The summed E-state index contributed by atoms with van der Waals surface area (Å²) in [4.78, 5) is 4.29. The standard InChI is InChI=1S/C10H14N2O/c1-5-7-12-9(6-2)11-8(3)10(12)13-4/h5-7H,2H2,1,3-4H3/b7-5-. The minimum atomic E-state index is 0.757. The van der Waals surface area contributed by atoms with Crippen LogP contribution in [0.3, 0.4) is 0 Å². The number of allylic oxidation sites excluding steroid dienone is 1. The molecule has 0 unspecified atom stereocenters. The van der Waals surface area contributed by atoms with Crippen molar-refractivity contribution in [2.75, 3.05) is 7.11 Å². The van der Waals surface area contributed by atoms with Crippen LogP contribution in [0.4, 0.5) is 0 Å². The molecule has 70 valence electrons. The highest BCUT2D eigenvalue weighted by molar-refractivity contribution is 5.48. The van der Waals surface area contributed by atoms with Crippen molar-refractivity contribution in [3.63, 3.8) is 0 Å². The first-order valence-electron chi connectivity index (χ1n) is 4.12. The zero-order chi connectivity index (χ0) is 9.84. The minimum absolute atomic E-state index is 0.757. The maximum atomic E-state index is 5.21. The van der Waals surface area contributed by atoms with E-state index >= 15 is 0 Å². The van der Waals surface area contributed by atoms with Gasteiger partial charge >= 0.3 is 0 Å². The lowest BCUT2D eigenvalue weighted by atomic mass is 10.5. The summed E-state index contributed by atoms with van der Waals surface area (Å²) in [6.45, 7) is 7.54. The highest BCUT2D eigenvalue weighted by Gasteiger charge is 2.09. The highest BCUT2D eigenvalue weighted by atomic mass is 16.5. The normalized spacial score (nSPS) is 10.7. The van der Waals surface area contributed by atoms with Gasteiger partial charge in [-0.2, -0.15) is 0 Å². The molecule has 3 heteroatoms. The topological polar surface area (TPSA) is 27.1 Å². The number of rotatable bonds is 3. The van der Waals surface area contributed by atoms with Crippen molar-refractivity contribution in [3.8, 4) is 5.88 Å². The largest absolute Gasteiger partial charge is 0.481 e. The second-order valence-corrected chi connectivity index (χ2v) is 2.62. The number of nitrogens with zero attached hydrogens (tertiary/aromatic N) is 2. The van der Waals surface area contributed by atoms with Gasteiger partial charge in [-0.25, -0.2) is 4.98 Å². The van der Waals surface area contributed by atoms with Crippen LogP contribution >= 0.6 is 0 Å². The summed E-state index contributed by atoms with van der Waals surface area (Å²) < 4.78 is 7.08. The van der Waals surface area contributed by atoms with Gasteiger partial charge in [0.2, 0.25) is 5.88 Å². The van der Waals surface area contributed by atoms with Crippen molar-refractivity contribution in [2.24, 2.45) is 0 Å². The average molecular weight is 178 g/mol. The number of hydrogen-bond donors (Lipinski definition) is 0. The summed E-state index contributed by atoms with van der Waals surface area (Å²) in [6.07, 6.45) is 5.53. The highest BCUT2D eigenvalue weighted by Crippen LogP contribution is 2.20. The molecule has 1 aromatic heterocycles. The molecule has 0 aromatic carbocycles. The summed E-state index contributed by atoms with van der Waals surface area (Å²) in [5, 5.41) is 0. The van der Waals surface area contributed by atoms with Crippen LogP contribution in [-0.4, -0.2) is 16.7 Å². The first-order chi connectivity index (χ1) is 6.24. The molecular weight excluding hydrogens is 164 g/mol. The fraction of sp³-hybridized carbons (Fsp3) is 0.300. The third kappa shape index (κ3) is 1.64. The van der Waals surface area contributed by atoms with E-state index in [1.165, 1.54) is 0 Å². The number of aryl methyl sites for hydroxylation is 1. The second-order valence-electron chi connectivity index (χ2n) is 2.62. The van der Waals surface area contributed by atoms with Crippen molar-refractivity contribution in [3.05, 3.63) is 24.2 Å². The number of hydrogen-bond acceptors (Lipinski definition) is 2. The van der Waals surface area contributed by atoms with E-state index in [0.717, 1.165) is 17.4 Å². The maximum Gasteiger partial charge on any atom is 0.221 e. The summed E-state index contributed by atoms with van der Waals surface area (Å²) in [5.41, 5.74) is 0.871. The lowest BCUT2D eigenvalue weighted by Crippen LogP contribution is -1.94. The Morgan fingerprint density at radius 1 is 1.54 bits per heavy atom. The zero-order valence-corrected chi connectivity index (χ0v) is 8.24. The van der Waals surface area contributed by atoms with Gasteiger partial charge in [-0.1, -0.05) is 12.7 Å². The van der Waals surface area contributed by atoms with Crippen molar-refractivity contribution in [2.45, 2.75) is 13.8 Å². The maximum absolute atomic E-state index is 5.21. The molecule has 0 N–H and O–H groups in total. The lowest BCUT2D eigenvalue weighted by Gasteiger charge is -2.02. The molecule has 0 aliphatic rings. The van der Waals surface area contributed by atoms with Crippen molar-refractivity contribution >= 4 is 12.3 Å². The summed E-state index contributed by atoms with van der Waals surface area (Å²) in [5.74, 6) is 1.56. The van der Waals surface area contributed by atoms with Gasteiger partial charge in [0.05, 0.1) is 7.11 Å². The van der Waals surface area contributed by atoms with Gasteiger partial charge in [0, 0.05) is 6.20 Å². The molecule has 0 bridgehead atoms. The molecule has 0 saturated carbocycles. The first-order valence-corrected chi connectivity index (χ1v) is 4.12. The summed E-state index contributed by atoms with van der Waals surface area (Å²) in [6, 6.07) is 0. The van der Waals surface area contributed by atoms with Crippen LogP contribution in [0.2, 0.25) is 0 Å². The van der Waals surface area contributed by atoms with Gasteiger partial charge in [0.15, 0.2) is 0 Å². The smallest absolute Gasteiger partial charge is 0.221 e. The number of aromatic nitrogens is 2. The molecular formula is C10H14N2O. The van der Waals surface area contributed by atoms with E-state index in [1.807, 2.05) is 30.7 Å². The van der Waals surface area contributed by atoms with Gasteiger partial charge in [-0.3, -0.25) is 4.57 Å². The Bertz CT molecular complexity index is 337. The Morgan fingerprint density at radius 2 is 2.23 bits per heavy atom. The van der Waals surface area contributed by atoms with Crippen LogP contribution in [0.25, 0.3) is 12.3 Å². The van der Waals surface area contributed by atoms with E-state index in [2.05, 4.69) is 11.6 Å². The molecule has 0 fully saturated rings. The average Bonchev–Trinajstić information content (AvgIpc) is 2.43. The van der Waals surface area contributed by atoms with Crippen molar-refractivity contribution < 1.29 is 4.74 Å². The van der Waals surface area contributed by atoms with E-state index in [-0.39, 0.29) is 0 Å². The van der Waals surface area contributed by atoms with E-state index in [4.69, 9.17) is 4.74 Å². The third-order valence-corrected chi connectivity index (χ3v) is 1.73. The van der Waals surface area contributed by atoms with Crippen LogP contribution in [0.1, 0.15) is 18.4 Å². The van der Waals surface area contributed by atoms with E-state index in [1.54, 1.807) is 13.2 Å². The molecule has 0 spiro atoms. The van der Waals surface area contributed by atoms with Gasteiger partial charge in [-0.05, 0) is 19.9 Å². The quantitative estimate of drug-likeness (QED) is 0.710. The predicted octanol–water partition coefficient (Wildman–Crippen LogP) is 2.33. The zero-order valence-electron chi connectivity index (χ0n) is 8.24. The van der Waals surface area contributed by atoms with Crippen molar-refractivity contribution in [1.82, 2.24) is 9.55 Å². The molecule has 0 aliphatic heterocycles. The third-order valence-electron chi connectivity index (χ3n) is 1.73. The van der Waals surface area contributed by atoms with Gasteiger partial charge < -0.3 is 4.74 Å². The Hall–Kier alpha value is -1.51. The summed E-state index contributed by atoms with van der Waals surface area (Å²) >= 11 is 0. The Morgan fingerprint density at radius 3 is 2.69 bits per heavy atom. The predicted molar refractivity (Wildman–Crippen MR) is 54.6 cm³/mol. The Balaban J connectivity index is 3.31. The van der Waals surface area contributed by atoms with Gasteiger partial charge in [0.1, 0.15) is 11.5 Å². The van der Waals surface area contributed by atoms with Crippen LogP contribution in [-0.2, 0) is 0 Å². The van der Waals surface area contributed by atoms with Gasteiger partial charge in [-0.15, -0.1) is 0 Å². The number of imidazole rings is 1. The first kappa shape index (κ1) is 9.58. The molecule has 0 amide bonds. The molecule has 0 radical (unpaired) electrons. The SMILES string of the molecule is C=Cc1nc(C)c(OC)n1/C=C\C. The monoisotopic (exact) mass is 178 g/mol. The van der Waals surface area contributed by atoms with Crippen LogP contribution in [0.5, 0.6) is 5.88 Å². The van der Waals surface area contributed by atoms with Crippen LogP contribution < -0.4 is 4.74 Å². The summed E-state index contributed by atoms with van der Waals surface area (Å²) in [7, 11) is 1.64. The molecule has 1 rings (SSSR count). The van der Waals surface area contributed by atoms with Crippen LogP contribution in [0, 0.1) is 6.92 Å². The molecule has 0 saturated heterocycles. The Labute approximate surface area is 78.4 Å². The minimum Gasteiger partial charge on any atom is -0.481 e. The van der Waals surface area contributed by atoms with Gasteiger partial charge in [0.25, 0.3) is 0 Å². The molecule has 3 nitrogen and oxygen atoms in total. The Kier molecular flexibility index (Phi) is 2.90. The molecule has 0 aliphatic carbocycles. The molecule has 13 heavy (non-hydrogen) atoms. The number of ether oxygens (including phenoxy) is 1. The second kappa shape index (κ2) is 3.94. The molecule has 1 aromatic rings. The van der Waals surface area contributed by atoms with Crippen LogP contribution in [0.15, 0.2) is 12.7 Å². The van der Waals surface area contributed by atoms with E-state index < -0.39 is 0 Å². The molecule has 0 atom stereocenters. The fourth-order valence-corrected chi connectivity index (χ4v) is 1.24. The number of methoxy groups -OCH3 is 1. The lowest BCUT2D eigenvalue weighted by molar-refractivity contribution is 0.389. The molecule has 1 heterocycles. The van der Waals surface area contributed by atoms with E-state index in [9.17, 15) is 0 Å². The fourth-order valence-electron chi connectivity index (χ4n) is 1.24. The van der Waals surface area contributed by atoms with E-state index in [0.29, 0.717) is 0 Å².